The van der Waals surface area contributed by atoms with Gasteiger partial charge in [0.15, 0.2) is 5.96 Å². The van der Waals surface area contributed by atoms with Crippen molar-refractivity contribution < 1.29 is 4.79 Å². The van der Waals surface area contributed by atoms with Crippen LogP contribution in [0.4, 0.5) is 0 Å². The Morgan fingerprint density at radius 3 is 1.80 bits per heavy atom. The number of nitrogens with zero attached hydrogens (tertiary/aromatic N) is 1. The van der Waals surface area contributed by atoms with Crippen LogP contribution in [0.15, 0.2) is 4.99 Å². The van der Waals surface area contributed by atoms with Gasteiger partial charge in [-0.25, -0.2) is 4.99 Å². The molecule has 0 spiro atoms. The highest BCUT2D eigenvalue weighted by atomic mass is 16.1. The number of amides is 1. The third-order valence-corrected chi connectivity index (χ3v) is 1.24. The SMILES string of the molecule is CC(=O)NC(=NC(C)(C)C)NC(C)(C)C. The number of hydrogen-bond donors (Lipinski definition) is 2. The Balaban J connectivity index is 4.75. The lowest BCUT2D eigenvalue weighted by Crippen LogP contribution is -2.49. The van der Waals surface area contributed by atoms with Crippen molar-refractivity contribution in [1.82, 2.24) is 10.6 Å². The number of carbonyl (C=O) groups is 1. The van der Waals surface area contributed by atoms with Crippen LogP contribution >= 0.6 is 0 Å². The number of guanidine groups is 1. The summed E-state index contributed by atoms with van der Waals surface area (Å²) in [5, 5.41) is 5.86. The maximum atomic E-state index is 11.0. The molecule has 0 rings (SSSR count). The molecule has 4 nitrogen and oxygen atoms in total. The molecule has 0 aliphatic carbocycles. The summed E-state index contributed by atoms with van der Waals surface area (Å²) < 4.78 is 0. The van der Waals surface area contributed by atoms with E-state index in [-0.39, 0.29) is 17.0 Å². The van der Waals surface area contributed by atoms with Crippen LogP contribution in [0.2, 0.25) is 0 Å². The number of nitrogens with one attached hydrogen (secondary N) is 2. The normalized spacial score (nSPS) is 13.7. The van der Waals surface area contributed by atoms with Crippen molar-refractivity contribution in [2.45, 2.75) is 59.5 Å². The molecule has 0 aromatic heterocycles. The summed E-state index contributed by atoms with van der Waals surface area (Å²) in [6, 6.07) is 0. The molecule has 0 bridgehead atoms. The van der Waals surface area contributed by atoms with Crippen LogP contribution in [0.5, 0.6) is 0 Å². The Kier molecular flexibility index (Phi) is 4.31. The molecule has 0 aromatic rings. The molecule has 0 fully saturated rings. The van der Waals surface area contributed by atoms with Gasteiger partial charge in [-0.1, -0.05) is 0 Å². The van der Waals surface area contributed by atoms with Gasteiger partial charge in [0.25, 0.3) is 0 Å². The molecule has 0 aliphatic rings. The van der Waals surface area contributed by atoms with E-state index in [2.05, 4.69) is 15.6 Å². The summed E-state index contributed by atoms with van der Waals surface area (Å²) >= 11 is 0. The molecule has 0 aliphatic heterocycles. The van der Waals surface area contributed by atoms with Crippen molar-refractivity contribution in [3.63, 3.8) is 0 Å². The Bertz CT molecular complexity index is 256. The summed E-state index contributed by atoms with van der Waals surface area (Å²) in [5.41, 5.74) is -0.331. The fourth-order valence-corrected chi connectivity index (χ4v) is 0.945. The minimum atomic E-state index is -0.212. The van der Waals surface area contributed by atoms with Crippen molar-refractivity contribution in [2.75, 3.05) is 0 Å². The zero-order valence-corrected chi connectivity index (χ0v) is 10.9. The third kappa shape index (κ3) is 9.25. The van der Waals surface area contributed by atoms with Gasteiger partial charge in [0.05, 0.1) is 5.54 Å². The first kappa shape index (κ1) is 13.9. The van der Waals surface area contributed by atoms with Gasteiger partial charge >= 0.3 is 0 Å². The molecule has 0 aromatic carbocycles. The summed E-state index contributed by atoms with van der Waals surface area (Å²) in [7, 11) is 0. The first-order chi connectivity index (χ1) is 6.49. The maximum absolute atomic E-state index is 11.0. The summed E-state index contributed by atoms with van der Waals surface area (Å²) in [6.45, 7) is 13.5. The minimum Gasteiger partial charge on any atom is -0.351 e. The summed E-state index contributed by atoms with van der Waals surface area (Å²) in [5.74, 6) is 0.414. The van der Waals surface area contributed by atoms with Crippen molar-refractivity contribution >= 4 is 11.9 Å². The number of carbonyl (C=O) groups excluding carboxylic acids is 1. The van der Waals surface area contributed by atoms with E-state index in [1.165, 1.54) is 6.92 Å². The molecule has 4 heteroatoms. The van der Waals surface area contributed by atoms with Crippen LogP contribution in [0, 0.1) is 0 Å². The molecular formula is C11H23N3O. The highest BCUT2D eigenvalue weighted by molar-refractivity contribution is 5.96. The first-order valence-electron chi connectivity index (χ1n) is 5.15. The second kappa shape index (κ2) is 4.64. The predicted octanol–water partition coefficient (Wildman–Crippen LogP) is 1.67. The zero-order valence-electron chi connectivity index (χ0n) is 10.9. The molecule has 0 saturated carbocycles. The second-order valence-corrected chi connectivity index (χ2v) is 5.69. The lowest BCUT2D eigenvalue weighted by Gasteiger charge is -2.25. The number of hydrogen-bond acceptors (Lipinski definition) is 2. The van der Waals surface area contributed by atoms with E-state index in [1.54, 1.807) is 0 Å². The number of rotatable bonds is 0. The topological polar surface area (TPSA) is 53.5 Å². The molecular weight excluding hydrogens is 190 g/mol. The Labute approximate surface area is 92.5 Å². The van der Waals surface area contributed by atoms with E-state index in [1.807, 2.05) is 41.5 Å². The highest BCUT2D eigenvalue weighted by Gasteiger charge is 2.16. The molecule has 15 heavy (non-hydrogen) atoms. The summed E-state index contributed by atoms with van der Waals surface area (Å²) in [4.78, 5) is 15.4. The summed E-state index contributed by atoms with van der Waals surface area (Å²) in [6.07, 6.45) is 0. The monoisotopic (exact) mass is 213 g/mol. The molecule has 0 saturated heterocycles. The average Bonchev–Trinajstić information content (AvgIpc) is 1.73. The fourth-order valence-electron chi connectivity index (χ4n) is 0.945. The number of aliphatic imine (C=N–C) groups is 1. The Hall–Kier alpha value is -1.06. The molecule has 0 radical (unpaired) electrons. The van der Waals surface area contributed by atoms with Gasteiger partial charge in [-0.3, -0.25) is 10.1 Å². The quantitative estimate of drug-likeness (QED) is 0.475. The molecule has 0 atom stereocenters. The van der Waals surface area contributed by atoms with Crippen LogP contribution in [-0.2, 0) is 4.79 Å². The predicted molar refractivity (Wildman–Crippen MR) is 63.9 cm³/mol. The van der Waals surface area contributed by atoms with E-state index >= 15 is 0 Å². The van der Waals surface area contributed by atoms with Gasteiger partial charge in [0.2, 0.25) is 5.91 Å². The van der Waals surface area contributed by atoms with Crippen LogP contribution in [0.1, 0.15) is 48.5 Å². The fraction of sp³-hybridized carbons (Fsp3) is 0.818. The van der Waals surface area contributed by atoms with Crippen molar-refractivity contribution in [1.29, 1.82) is 0 Å². The van der Waals surface area contributed by atoms with Gasteiger partial charge in [0.1, 0.15) is 0 Å². The van der Waals surface area contributed by atoms with Gasteiger partial charge in [-0.15, -0.1) is 0 Å². The van der Waals surface area contributed by atoms with E-state index in [0.29, 0.717) is 5.96 Å². The maximum Gasteiger partial charge on any atom is 0.223 e. The molecule has 88 valence electrons. The standard InChI is InChI=1S/C11H23N3O/c1-8(15)12-9(13-10(2,3)4)14-11(5,6)7/h1-7H3,(H2,12,13,14,15). The molecule has 2 N–H and O–H groups in total. The van der Waals surface area contributed by atoms with Crippen molar-refractivity contribution in [3.8, 4) is 0 Å². The van der Waals surface area contributed by atoms with Crippen LogP contribution in [-0.4, -0.2) is 22.9 Å². The molecule has 0 unspecified atom stereocenters. The minimum absolute atomic E-state index is 0.116. The third-order valence-electron chi connectivity index (χ3n) is 1.24. The molecule has 0 heterocycles. The largest absolute Gasteiger partial charge is 0.351 e. The van der Waals surface area contributed by atoms with Gasteiger partial charge in [-0.2, -0.15) is 0 Å². The Morgan fingerprint density at radius 2 is 1.53 bits per heavy atom. The smallest absolute Gasteiger partial charge is 0.223 e. The van der Waals surface area contributed by atoms with Crippen LogP contribution in [0.25, 0.3) is 0 Å². The van der Waals surface area contributed by atoms with Crippen molar-refractivity contribution in [3.05, 3.63) is 0 Å². The zero-order chi connectivity index (χ0) is 12.3. The van der Waals surface area contributed by atoms with E-state index in [0.717, 1.165) is 0 Å². The average molecular weight is 213 g/mol. The lowest BCUT2D eigenvalue weighted by molar-refractivity contribution is -0.117. The van der Waals surface area contributed by atoms with E-state index < -0.39 is 0 Å². The van der Waals surface area contributed by atoms with E-state index in [4.69, 9.17) is 0 Å². The first-order valence-corrected chi connectivity index (χ1v) is 5.15. The van der Waals surface area contributed by atoms with Crippen LogP contribution in [0.3, 0.4) is 0 Å². The van der Waals surface area contributed by atoms with Gasteiger partial charge in [-0.05, 0) is 41.5 Å². The lowest BCUT2D eigenvalue weighted by atomic mass is 10.1. The highest BCUT2D eigenvalue weighted by Crippen LogP contribution is 2.07. The van der Waals surface area contributed by atoms with Gasteiger partial charge in [0, 0.05) is 12.5 Å². The van der Waals surface area contributed by atoms with Gasteiger partial charge < -0.3 is 5.32 Å². The second-order valence-electron chi connectivity index (χ2n) is 5.69. The van der Waals surface area contributed by atoms with Crippen molar-refractivity contribution in [2.24, 2.45) is 4.99 Å². The molecule has 1 amide bonds. The van der Waals surface area contributed by atoms with E-state index in [9.17, 15) is 4.79 Å². The Morgan fingerprint density at radius 1 is 1.07 bits per heavy atom. The van der Waals surface area contributed by atoms with Crippen LogP contribution < -0.4 is 10.6 Å².